The van der Waals surface area contributed by atoms with Gasteiger partial charge in [0.25, 0.3) is 11.8 Å². The molecule has 90 valence electrons. The van der Waals surface area contributed by atoms with Gasteiger partial charge in [-0.3, -0.25) is 14.5 Å². The Morgan fingerprint density at radius 2 is 2.18 bits per heavy atom. The van der Waals surface area contributed by atoms with Crippen LogP contribution in [-0.2, 0) is 14.3 Å². The maximum absolute atomic E-state index is 12.0. The number of thiophene rings is 1. The van der Waals surface area contributed by atoms with Crippen LogP contribution in [0.5, 0.6) is 0 Å². The molecule has 0 saturated heterocycles. The molecule has 0 fully saturated rings. The van der Waals surface area contributed by atoms with Crippen molar-refractivity contribution in [3.8, 4) is 0 Å². The molecule has 0 radical (unpaired) electrons. The van der Waals surface area contributed by atoms with Gasteiger partial charge in [0.15, 0.2) is 0 Å². The van der Waals surface area contributed by atoms with E-state index in [-0.39, 0.29) is 17.5 Å². The quantitative estimate of drug-likeness (QED) is 0.784. The summed E-state index contributed by atoms with van der Waals surface area (Å²) in [5, 5.41) is 1.83. The summed E-state index contributed by atoms with van der Waals surface area (Å²) >= 11 is 7.30. The van der Waals surface area contributed by atoms with E-state index < -0.39 is 5.91 Å². The van der Waals surface area contributed by atoms with Gasteiger partial charge in [-0.15, -0.1) is 11.3 Å². The molecule has 0 aromatic carbocycles. The number of halogens is 1. The zero-order valence-electron chi connectivity index (χ0n) is 9.10. The van der Waals surface area contributed by atoms with Crippen molar-refractivity contribution in [3.05, 3.63) is 27.4 Å². The molecule has 0 aliphatic carbocycles. The highest BCUT2D eigenvalue weighted by Gasteiger charge is 2.38. The molecule has 1 aliphatic rings. The van der Waals surface area contributed by atoms with Crippen LogP contribution >= 0.6 is 22.9 Å². The third-order valence-corrected chi connectivity index (χ3v) is 3.64. The second-order valence-electron chi connectivity index (χ2n) is 3.42. The van der Waals surface area contributed by atoms with Crippen LogP contribution in [0, 0.1) is 0 Å². The van der Waals surface area contributed by atoms with Crippen LogP contribution < -0.4 is 0 Å². The number of hydrogen-bond acceptors (Lipinski definition) is 4. The first kappa shape index (κ1) is 12.3. The summed E-state index contributed by atoms with van der Waals surface area (Å²) < 4.78 is 4.86. The Labute approximate surface area is 107 Å². The van der Waals surface area contributed by atoms with Crippen LogP contribution in [0.2, 0.25) is 0 Å². The monoisotopic (exact) mass is 271 g/mol. The van der Waals surface area contributed by atoms with Crippen molar-refractivity contribution < 1.29 is 14.3 Å². The molecular weight excluding hydrogens is 262 g/mol. The zero-order chi connectivity index (χ0) is 12.4. The van der Waals surface area contributed by atoms with E-state index in [9.17, 15) is 9.59 Å². The SMILES string of the molecule is COCCN1C(=O)C(Cl)=C(c2cccs2)C1=O. The minimum atomic E-state index is -0.447. The highest BCUT2D eigenvalue weighted by Crippen LogP contribution is 2.33. The van der Waals surface area contributed by atoms with E-state index >= 15 is 0 Å². The van der Waals surface area contributed by atoms with E-state index in [2.05, 4.69) is 0 Å². The fraction of sp³-hybridized carbons (Fsp3) is 0.273. The molecule has 0 saturated carbocycles. The molecule has 0 N–H and O–H groups in total. The molecule has 2 heterocycles. The summed E-state index contributed by atoms with van der Waals surface area (Å²) in [7, 11) is 1.51. The standard InChI is InChI=1S/C11H10ClNO3S/c1-16-5-4-13-10(14)8(9(12)11(13)15)7-3-2-6-17-7/h2-3,6H,4-5H2,1H3. The predicted octanol–water partition coefficient (Wildman–Crippen LogP) is 1.71. The molecular formula is C11H10ClNO3S. The minimum absolute atomic E-state index is 0.00597. The molecule has 0 bridgehead atoms. The summed E-state index contributed by atoms with van der Waals surface area (Å²) in [4.78, 5) is 25.7. The summed E-state index contributed by atoms with van der Waals surface area (Å²) in [6.45, 7) is 0.526. The minimum Gasteiger partial charge on any atom is -0.383 e. The Kier molecular flexibility index (Phi) is 3.61. The summed E-state index contributed by atoms with van der Waals surface area (Å²) in [5.74, 6) is -0.795. The molecule has 17 heavy (non-hydrogen) atoms. The number of imide groups is 1. The Bertz CT molecular complexity index is 481. The van der Waals surface area contributed by atoms with Crippen molar-refractivity contribution in [1.82, 2.24) is 4.90 Å². The highest BCUT2D eigenvalue weighted by atomic mass is 35.5. The average molecular weight is 272 g/mol. The third-order valence-electron chi connectivity index (χ3n) is 2.40. The van der Waals surface area contributed by atoms with Crippen LogP contribution in [0.3, 0.4) is 0 Å². The van der Waals surface area contributed by atoms with Crippen molar-refractivity contribution in [2.24, 2.45) is 0 Å². The van der Waals surface area contributed by atoms with Crippen LogP contribution in [0.25, 0.3) is 5.57 Å². The topological polar surface area (TPSA) is 46.6 Å². The van der Waals surface area contributed by atoms with Crippen LogP contribution in [0.1, 0.15) is 4.88 Å². The molecule has 2 amide bonds. The lowest BCUT2D eigenvalue weighted by Crippen LogP contribution is -2.34. The van der Waals surface area contributed by atoms with Crippen LogP contribution in [0.15, 0.2) is 22.5 Å². The molecule has 1 aliphatic heterocycles. The van der Waals surface area contributed by atoms with E-state index in [0.29, 0.717) is 17.1 Å². The third kappa shape index (κ3) is 2.13. The zero-order valence-corrected chi connectivity index (χ0v) is 10.7. The Morgan fingerprint density at radius 3 is 2.76 bits per heavy atom. The maximum atomic E-state index is 12.0. The number of ether oxygens (including phenoxy) is 1. The Balaban J connectivity index is 2.29. The van der Waals surface area contributed by atoms with Gasteiger partial charge in [-0.05, 0) is 11.4 Å². The van der Waals surface area contributed by atoms with E-state index in [0.717, 1.165) is 4.90 Å². The lowest BCUT2D eigenvalue weighted by molar-refractivity contribution is -0.137. The smallest absolute Gasteiger partial charge is 0.273 e. The molecule has 1 aromatic heterocycles. The van der Waals surface area contributed by atoms with Crippen molar-refractivity contribution in [2.75, 3.05) is 20.3 Å². The Morgan fingerprint density at radius 1 is 1.41 bits per heavy atom. The molecule has 1 aromatic rings. The van der Waals surface area contributed by atoms with Gasteiger partial charge >= 0.3 is 0 Å². The largest absolute Gasteiger partial charge is 0.383 e. The van der Waals surface area contributed by atoms with Gasteiger partial charge in [0, 0.05) is 12.0 Å². The lowest BCUT2D eigenvalue weighted by Gasteiger charge is -2.13. The second-order valence-corrected chi connectivity index (χ2v) is 4.75. The number of carbonyl (C=O) groups is 2. The van der Waals surface area contributed by atoms with Crippen LogP contribution in [0.4, 0.5) is 0 Å². The summed E-state index contributed by atoms with van der Waals surface area (Å²) in [6.07, 6.45) is 0. The van der Waals surface area contributed by atoms with Crippen LogP contribution in [-0.4, -0.2) is 37.0 Å². The molecule has 4 nitrogen and oxygen atoms in total. The van der Waals surface area contributed by atoms with Gasteiger partial charge in [0.05, 0.1) is 18.7 Å². The predicted molar refractivity (Wildman–Crippen MR) is 65.7 cm³/mol. The number of methoxy groups -OCH3 is 1. The number of rotatable bonds is 4. The van der Waals surface area contributed by atoms with Crippen molar-refractivity contribution in [1.29, 1.82) is 0 Å². The summed E-state index contributed by atoms with van der Waals surface area (Å²) in [5.41, 5.74) is 0.294. The van der Waals surface area contributed by atoms with Gasteiger partial charge in [-0.2, -0.15) is 0 Å². The number of amides is 2. The first-order chi connectivity index (χ1) is 8.16. The normalized spacial score (nSPS) is 16.2. The Hall–Kier alpha value is -1.17. The molecule has 2 rings (SSSR count). The van der Waals surface area contributed by atoms with Crippen molar-refractivity contribution in [3.63, 3.8) is 0 Å². The first-order valence-corrected chi connectivity index (χ1v) is 6.21. The van der Waals surface area contributed by atoms with Gasteiger partial charge in [0.2, 0.25) is 0 Å². The van der Waals surface area contributed by atoms with Gasteiger partial charge in [-0.25, -0.2) is 0 Å². The van der Waals surface area contributed by atoms with Gasteiger partial charge < -0.3 is 4.74 Å². The highest BCUT2D eigenvalue weighted by molar-refractivity contribution is 7.11. The number of hydrogen-bond donors (Lipinski definition) is 0. The van der Waals surface area contributed by atoms with E-state index in [4.69, 9.17) is 16.3 Å². The number of carbonyl (C=O) groups excluding carboxylic acids is 2. The first-order valence-electron chi connectivity index (χ1n) is 4.95. The van der Waals surface area contributed by atoms with E-state index in [1.165, 1.54) is 18.4 Å². The van der Waals surface area contributed by atoms with E-state index in [1.807, 2.05) is 11.4 Å². The average Bonchev–Trinajstić information content (AvgIpc) is 2.88. The maximum Gasteiger partial charge on any atom is 0.273 e. The fourth-order valence-corrected chi connectivity index (χ4v) is 2.68. The lowest BCUT2D eigenvalue weighted by atomic mass is 10.2. The van der Waals surface area contributed by atoms with Crippen molar-refractivity contribution in [2.45, 2.75) is 0 Å². The van der Waals surface area contributed by atoms with E-state index in [1.54, 1.807) is 6.07 Å². The summed E-state index contributed by atoms with van der Waals surface area (Å²) in [6, 6.07) is 3.58. The molecule has 6 heteroatoms. The molecule has 0 spiro atoms. The van der Waals surface area contributed by atoms with Crippen molar-refractivity contribution >= 4 is 40.3 Å². The molecule has 0 unspecified atom stereocenters. The fourth-order valence-electron chi connectivity index (χ4n) is 1.57. The number of nitrogens with zero attached hydrogens (tertiary/aromatic N) is 1. The molecule has 0 atom stereocenters. The van der Waals surface area contributed by atoms with Gasteiger partial charge in [0.1, 0.15) is 5.03 Å². The second kappa shape index (κ2) is 5.00. The van der Waals surface area contributed by atoms with Gasteiger partial charge in [-0.1, -0.05) is 17.7 Å².